The van der Waals surface area contributed by atoms with Crippen molar-refractivity contribution in [2.24, 2.45) is 0 Å². The largest absolute Gasteiger partial charge is 0.469 e. The van der Waals surface area contributed by atoms with Crippen LogP contribution in [0.2, 0.25) is 5.02 Å². The SMILES string of the molecule is COC(=O)CCN(C(=O)Cc1ccc(Cl)cc1)C1CCCC1. The average molecular weight is 324 g/mol. The number of nitrogens with zero attached hydrogens (tertiary/aromatic N) is 1. The Morgan fingerprint density at radius 3 is 2.45 bits per heavy atom. The first kappa shape index (κ1) is 16.8. The van der Waals surface area contributed by atoms with Gasteiger partial charge in [-0.2, -0.15) is 0 Å². The lowest BCUT2D eigenvalue weighted by molar-refractivity contribution is -0.142. The van der Waals surface area contributed by atoms with Crippen LogP contribution in [0.1, 0.15) is 37.7 Å². The van der Waals surface area contributed by atoms with Crippen LogP contribution in [-0.4, -0.2) is 36.5 Å². The molecule has 0 radical (unpaired) electrons. The molecule has 0 aromatic heterocycles. The summed E-state index contributed by atoms with van der Waals surface area (Å²) in [6.45, 7) is 0.434. The van der Waals surface area contributed by atoms with Crippen molar-refractivity contribution in [1.29, 1.82) is 0 Å². The van der Waals surface area contributed by atoms with Gasteiger partial charge in [0.15, 0.2) is 0 Å². The second-order valence-electron chi connectivity index (χ2n) is 5.65. The standard InChI is InChI=1S/C17H22ClNO3/c1-22-17(21)10-11-19(15-4-2-3-5-15)16(20)12-13-6-8-14(18)9-7-13/h6-9,15H,2-5,10-12H2,1H3. The molecule has 1 aliphatic rings. The molecule has 0 unspecified atom stereocenters. The van der Waals surface area contributed by atoms with Crippen molar-refractivity contribution in [2.45, 2.75) is 44.6 Å². The number of halogens is 1. The Labute approximate surface area is 136 Å². The van der Waals surface area contributed by atoms with Gasteiger partial charge in [0.1, 0.15) is 0 Å². The van der Waals surface area contributed by atoms with Gasteiger partial charge in [-0.15, -0.1) is 0 Å². The number of ether oxygens (including phenoxy) is 1. The molecule has 0 atom stereocenters. The molecular formula is C17H22ClNO3. The fourth-order valence-corrected chi connectivity index (χ4v) is 3.05. The zero-order valence-corrected chi connectivity index (χ0v) is 13.6. The Balaban J connectivity index is 2.00. The third-order valence-corrected chi connectivity index (χ3v) is 4.39. The summed E-state index contributed by atoms with van der Waals surface area (Å²) in [6, 6.07) is 7.57. The Kier molecular flexibility index (Phi) is 6.25. The van der Waals surface area contributed by atoms with E-state index >= 15 is 0 Å². The highest BCUT2D eigenvalue weighted by Gasteiger charge is 2.27. The smallest absolute Gasteiger partial charge is 0.307 e. The molecular weight excluding hydrogens is 302 g/mol. The summed E-state index contributed by atoms with van der Waals surface area (Å²) in [7, 11) is 1.37. The number of rotatable bonds is 6. The number of carbonyl (C=O) groups is 2. The van der Waals surface area contributed by atoms with Crippen molar-refractivity contribution < 1.29 is 14.3 Å². The van der Waals surface area contributed by atoms with Gasteiger partial charge in [0.2, 0.25) is 5.91 Å². The average Bonchev–Trinajstić information content (AvgIpc) is 3.03. The van der Waals surface area contributed by atoms with E-state index in [0.717, 1.165) is 31.2 Å². The molecule has 1 aromatic rings. The summed E-state index contributed by atoms with van der Waals surface area (Å²) in [5, 5.41) is 0.662. The fourth-order valence-electron chi connectivity index (χ4n) is 2.92. The predicted molar refractivity (Wildman–Crippen MR) is 85.8 cm³/mol. The minimum Gasteiger partial charge on any atom is -0.469 e. The van der Waals surface area contributed by atoms with Gasteiger partial charge < -0.3 is 9.64 Å². The molecule has 0 heterocycles. The number of methoxy groups -OCH3 is 1. The highest BCUT2D eigenvalue weighted by molar-refractivity contribution is 6.30. The maximum absolute atomic E-state index is 12.6. The lowest BCUT2D eigenvalue weighted by Gasteiger charge is -2.29. The number of hydrogen-bond acceptors (Lipinski definition) is 3. The van der Waals surface area contributed by atoms with Crippen molar-refractivity contribution in [1.82, 2.24) is 4.90 Å². The third kappa shape index (κ3) is 4.73. The Bertz CT molecular complexity index is 509. The van der Waals surface area contributed by atoms with Crippen LogP contribution in [0.4, 0.5) is 0 Å². The Morgan fingerprint density at radius 1 is 1.23 bits per heavy atom. The quantitative estimate of drug-likeness (QED) is 0.755. The number of carbonyl (C=O) groups excluding carboxylic acids is 2. The van der Waals surface area contributed by atoms with Crippen LogP contribution >= 0.6 is 11.6 Å². The van der Waals surface area contributed by atoms with Crippen LogP contribution in [0, 0.1) is 0 Å². The molecule has 0 bridgehead atoms. The van der Waals surface area contributed by atoms with Gasteiger partial charge in [0.25, 0.3) is 0 Å². The van der Waals surface area contributed by atoms with E-state index in [4.69, 9.17) is 11.6 Å². The summed E-state index contributed by atoms with van der Waals surface area (Å²) in [5.74, 6) is -0.208. The lowest BCUT2D eigenvalue weighted by Crippen LogP contribution is -2.41. The lowest BCUT2D eigenvalue weighted by atomic mass is 10.1. The van der Waals surface area contributed by atoms with Crippen LogP contribution in [0.15, 0.2) is 24.3 Å². The number of hydrogen-bond donors (Lipinski definition) is 0. The first-order valence-corrected chi connectivity index (χ1v) is 8.08. The maximum atomic E-state index is 12.6. The number of benzene rings is 1. The van der Waals surface area contributed by atoms with Crippen molar-refractivity contribution >= 4 is 23.5 Å². The minimum atomic E-state index is -0.276. The van der Waals surface area contributed by atoms with Gasteiger partial charge in [-0.25, -0.2) is 0 Å². The molecule has 0 N–H and O–H groups in total. The molecule has 0 aliphatic heterocycles. The Morgan fingerprint density at radius 2 is 1.86 bits per heavy atom. The summed E-state index contributed by atoms with van der Waals surface area (Å²) in [6.07, 6.45) is 4.93. The van der Waals surface area contributed by atoms with Crippen LogP contribution in [0.5, 0.6) is 0 Å². The highest BCUT2D eigenvalue weighted by atomic mass is 35.5. The van der Waals surface area contributed by atoms with Gasteiger partial charge in [0.05, 0.1) is 20.0 Å². The molecule has 1 fully saturated rings. The molecule has 5 heteroatoms. The predicted octanol–water partition coefficient (Wildman–Crippen LogP) is 3.22. The van der Waals surface area contributed by atoms with Crippen molar-refractivity contribution in [2.75, 3.05) is 13.7 Å². The van der Waals surface area contributed by atoms with E-state index in [1.165, 1.54) is 7.11 Å². The van der Waals surface area contributed by atoms with E-state index in [2.05, 4.69) is 4.74 Å². The van der Waals surface area contributed by atoms with Gasteiger partial charge >= 0.3 is 5.97 Å². The Hall–Kier alpha value is -1.55. The zero-order valence-electron chi connectivity index (χ0n) is 12.9. The maximum Gasteiger partial charge on any atom is 0.307 e. The molecule has 0 spiro atoms. The number of esters is 1. The summed E-state index contributed by atoms with van der Waals surface area (Å²) in [5.41, 5.74) is 0.940. The van der Waals surface area contributed by atoms with E-state index in [9.17, 15) is 9.59 Å². The minimum absolute atomic E-state index is 0.0677. The molecule has 1 amide bonds. The molecule has 120 valence electrons. The van der Waals surface area contributed by atoms with Crippen LogP contribution in [-0.2, 0) is 20.7 Å². The van der Waals surface area contributed by atoms with Crippen molar-refractivity contribution in [3.63, 3.8) is 0 Å². The van der Waals surface area contributed by atoms with Gasteiger partial charge in [0, 0.05) is 17.6 Å². The van der Waals surface area contributed by atoms with E-state index in [1.807, 2.05) is 17.0 Å². The molecule has 1 saturated carbocycles. The van der Waals surface area contributed by atoms with Crippen molar-refractivity contribution in [3.8, 4) is 0 Å². The van der Waals surface area contributed by atoms with E-state index in [1.54, 1.807) is 12.1 Å². The van der Waals surface area contributed by atoms with Crippen molar-refractivity contribution in [3.05, 3.63) is 34.9 Å². The fraction of sp³-hybridized carbons (Fsp3) is 0.529. The second kappa shape index (κ2) is 8.18. The molecule has 2 rings (SSSR count). The van der Waals surface area contributed by atoms with E-state index in [-0.39, 0.29) is 24.3 Å². The van der Waals surface area contributed by atoms with Crippen LogP contribution in [0.3, 0.4) is 0 Å². The third-order valence-electron chi connectivity index (χ3n) is 4.14. The summed E-state index contributed by atoms with van der Waals surface area (Å²) < 4.78 is 4.68. The monoisotopic (exact) mass is 323 g/mol. The zero-order chi connectivity index (χ0) is 15.9. The molecule has 1 aromatic carbocycles. The summed E-state index contributed by atoms with van der Waals surface area (Å²) >= 11 is 5.87. The van der Waals surface area contributed by atoms with Gasteiger partial charge in [-0.1, -0.05) is 36.6 Å². The van der Waals surface area contributed by atoms with E-state index < -0.39 is 0 Å². The first-order chi connectivity index (χ1) is 10.6. The second-order valence-corrected chi connectivity index (χ2v) is 6.09. The van der Waals surface area contributed by atoms with Gasteiger partial charge in [-0.05, 0) is 30.5 Å². The van der Waals surface area contributed by atoms with E-state index in [0.29, 0.717) is 18.0 Å². The first-order valence-electron chi connectivity index (χ1n) is 7.71. The summed E-state index contributed by atoms with van der Waals surface area (Å²) in [4.78, 5) is 25.9. The topological polar surface area (TPSA) is 46.6 Å². The van der Waals surface area contributed by atoms with Gasteiger partial charge in [-0.3, -0.25) is 9.59 Å². The molecule has 22 heavy (non-hydrogen) atoms. The molecule has 4 nitrogen and oxygen atoms in total. The number of amides is 1. The van der Waals surface area contributed by atoms with Crippen LogP contribution in [0.25, 0.3) is 0 Å². The highest BCUT2D eigenvalue weighted by Crippen LogP contribution is 2.24. The molecule has 1 aliphatic carbocycles. The van der Waals surface area contributed by atoms with Crippen LogP contribution < -0.4 is 0 Å². The normalized spacial score (nSPS) is 14.8. The molecule has 0 saturated heterocycles.